The fourth-order valence-corrected chi connectivity index (χ4v) is 0.771. The standard InChI is InChI=1S/C9H12F3NO4/c1-16-7(5-8(15)17-2)13-4-3-6(14)9(10,11)12/h3-4,7,13H,5H2,1-2H3/b4-3-/t7-/m1/s1. The maximum absolute atomic E-state index is 11.8. The summed E-state index contributed by atoms with van der Waals surface area (Å²) in [5.74, 6) is -2.60. The molecule has 0 heterocycles. The molecular weight excluding hydrogens is 243 g/mol. The molecule has 0 aromatic rings. The lowest BCUT2D eigenvalue weighted by Gasteiger charge is -2.13. The summed E-state index contributed by atoms with van der Waals surface area (Å²) < 4.78 is 44.4. The maximum atomic E-state index is 11.8. The van der Waals surface area contributed by atoms with Gasteiger partial charge in [0.25, 0.3) is 5.78 Å². The first-order chi connectivity index (χ1) is 7.81. The summed E-state index contributed by atoms with van der Waals surface area (Å²) in [7, 11) is 2.41. The van der Waals surface area contributed by atoms with Crippen LogP contribution >= 0.6 is 0 Å². The van der Waals surface area contributed by atoms with Crippen molar-refractivity contribution in [2.24, 2.45) is 0 Å². The number of rotatable bonds is 6. The highest BCUT2D eigenvalue weighted by Gasteiger charge is 2.36. The first-order valence-corrected chi connectivity index (χ1v) is 4.44. The van der Waals surface area contributed by atoms with Crippen molar-refractivity contribution < 1.29 is 32.2 Å². The Balaban J connectivity index is 4.19. The number of ether oxygens (including phenoxy) is 2. The minimum Gasteiger partial charge on any atom is -0.469 e. The smallest absolute Gasteiger partial charge is 0.454 e. The number of halogens is 3. The van der Waals surface area contributed by atoms with E-state index in [0.717, 1.165) is 13.3 Å². The van der Waals surface area contributed by atoms with E-state index in [1.807, 2.05) is 0 Å². The van der Waals surface area contributed by atoms with Gasteiger partial charge < -0.3 is 14.8 Å². The topological polar surface area (TPSA) is 64.6 Å². The van der Waals surface area contributed by atoms with Crippen LogP contribution in [0.25, 0.3) is 0 Å². The number of carbonyl (C=O) groups is 2. The summed E-state index contributed by atoms with van der Waals surface area (Å²) in [5.41, 5.74) is 0. The Hall–Kier alpha value is -1.57. The number of alkyl halides is 3. The normalized spacial score (nSPS) is 13.5. The molecule has 0 amide bonds. The molecule has 0 aliphatic carbocycles. The average molecular weight is 255 g/mol. The molecule has 0 aliphatic rings. The monoisotopic (exact) mass is 255 g/mol. The number of ketones is 1. The lowest BCUT2D eigenvalue weighted by atomic mass is 10.3. The molecule has 17 heavy (non-hydrogen) atoms. The summed E-state index contributed by atoms with van der Waals surface area (Å²) in [6.45, 7) is 0. The zero-order valence-corrected chi connectivity index (χ0v) is 9.21. The number of allylic oxidation sites excluding steroid dienone is 1. The van der Waals surface area contributed by atoms with Gasteiger partial charge in [0.1, 0.15) is 6.23 Å². The predicted molar refractivity (Wildman–Crippen MR) is 50.8 cm³/mol. The lowest BCUT2D eigenvalue weighted by Crippen LogP contribution is -2.30. The molecule has 0 saturated carbocycles. The van der Waals surface area contributed by atoms with Crippen LogP contribution in [0.1, 0.15) is 6.42 Å². The van der Waals surface area contributed by atoms with Crippen molar-refractivity contribution in [3.63, 3.8) is 0 Å². The molecule has 5 nitrogen and oxygen atoms in total. The Morgan fingerprint density at radius 2 is 1.94 bits per heavy atom. The quantitative estimate of drug-likeness (QED) is 0.431. The predicted octanol–water partition coefficient (Wildman–Crippen LogP) is 0.757. The molecule has 1 atom stereocenters. The van der Waals surface area contributed by atoms with Gasteiger partial charge in [0.2, 0.25) is 0 Å². The van der Waals surface area contributed by atoms with Gasteiger partial charge in [-0.3, -0.25) is 9.59 Å². The number of hydrogen-bond donors (Lipinski definition) is 1. The van der Waals surface area contributed by atoms with Gasteiger partial charge in [-0.1, -0.05) is 0 Å². The van der Waals surface area contributed by atoms with Gasteiger partial charge >= 0.3 is 12.1 Å². The molecule has 0 unspecified atom stereocenters. The van der Waals surface area contributed by atoms with Gasteiger partial charge in [-0.05, 0) is 0 Å². The fourth-order valence-electron chi connectivity index (χ4n) is 0.771. The van der Waals surface area contributed by atoms with Crippen LogP contribution in [0.2, 0.25) is 0 Å². The van der Waals surface area contributed by atoms with Gasteiger partial charge in [-0.2, -0.15) is 13.2 Å². The van der Waals surface area contributed by atoms with Gasteiger partial charge in [0.15, 0.2) is 0 Å². The van der Waals surface area contributed by atoms with E-state index in [1.54, 1.807) is 0 Å². The highest BCUT2D eigenvalue weighted by Crippen LogP contribution is 2.16. The van der Waals surface area contributed by atoms with Crippen LogP contribution in [-0.2, 0) is 19.1 Å². The third-order valence-electron chi connectivity index (χ3n) is 1.66. The molecule has 0 spiro atoms. The Morgan fingerprint density at radius 1 is 1.35 bits per heavy atom. The van der Waals surface area contributed by atoms with Gasteiger partial charge in [0.05, 0.1) is 13.5 Å². The first kappa shape index (κ1) is 15.4. The highest BCUT2D eigenvalue weighted by atomic mass is 19.4. The average Bonchev–Trinajstić information content (AvgIpc) is 2.25. The molecule has 0 saturated heterocycles. The van der Waals surface area contributed by atoms with E-state index < -0.39 is 24.2 Å². The van der Waals surface area contributed by atoms with E-state index in [9.17, 15) is 22.8 Å². The van der Waals surface area contributed by atoms with E-state index in [0.29, 0.717) is 6.08 Å². The van der Waals surface area contributed by atoms with Crippen LogP contribution in [0.4, 0.5) is 13.2 Å². The van der Waals surface area contributed by atoms with Gasteiger partial charge in [-0.15, -0.1) is 0 Å². The van der Waals surface area contributed by atoms with Crippen molar-refractivity contribution in [2.45, 2.75) is 18.8 Å². The largest absolute Gasteiger partial charge is 0.469 e. The van der Waals surface area contributed by atoms with Gasteiger partial charge in [-0.25, -0.2) is 0 Å². The van der Waals surface area contributed by atoms with Crippen molar-refractivity contribution in [2.75, 3.05) is 14.2 Å². The molecule has 8 heteroatoms. The van der Waals surface area contributed by atoms with Crippen LogP contribution in [0.15, 0.2) is 12.3 Å². The molecule has 1 N–H and O–H groups in total. The molecule has 0 aromatic carbocycles. The molecule has 0 aromatic heterocycles. The minimum absolute atomic E-state index is 0.197. The molecule has 0 radical (unpaired) electrons. The van der Waals surface area contributed by atoms with E-state index in [1.165, 1.54) is 7.11 Å². The zero-order chi connectivity index (χ0) is 13.5. The van der Waals surface area contributed by atoms with E-state index in [-0.39, 0.29) is 6.42 Å². The molecule has 98 valence electrons. The number of nitrogens with one attached hydrogen (secondary N) is 1. The van der Waals surface area contributed by atoms with E-state index in [2.05, 4.69) is 10.1 Å². The fraction of sp³-hybridized carbons (Fsp3) is 0.556. The summed E-state index contributed by atoms with van der Waals surface area (Å²) in [6.07, 6.45) is -4.89. The van der Waals surface area contributed by atoms with E-state index >= 15 is 0 Å². The molecule has 0 bridgehead atoms. The molecule has 0 fully saturated rings. The highest BCUT2D eigenvalue weighted by molar-refractivity contribution is 5.94. The molecule has 0 aliphatic heterocycles. The zero-order valence-electron chi connectivity index (χ0n) is 9.21. The van der Waals surface area contributed by atoms with Gasteiger partial charge in [0, 0.05) is 19.4 Å². The van der Waals surface area contributed by atoms with Crippen LogP contribution in [0.5, 0.6) is 0 Å². The number of esters is 1. The summed E-state index contributed by atoms with van der Waals surface area (Å²) >= 11 is 0. The van der Waals surface area contributed by atoms with Crippen molar-refractivity contribution in [3.8, 4) is 0 Å². The van der Waals surface area contributed by atoms with Crippen LogP contribution in [-0.4, -0.2) is 38.4 Å². The van der Waals surface area contributed by atoms with Crippen molar-refractivity contribution in [3.05, 3.63) is 12.3 Å². The Bertz CT molecular complexity index is 301. The SMILES string of the molecule is COC(=O)C[C@H](N/C=C\C(=O)C(F)(F)F)OC. The number of hydrogen-bond acceptors (Lipinski definition) is 5. The molecular formula is C9H12F3NO4. The van der Waals surface area contributed by atoms with E-state index in [4.69, 9.17) is 4.74 Å². The van der Waals surface area contributed by atoms with Crippen molar-refractivity contribution >= 4 is 11.8 Å². The Morgan fingerprint density at radius 3 is 2.35 bits per heavy atom. The third-order valence-corrected chi connectivity index (χ3v) is 1.66. The van der Waals surface area contributed by atoms with Crippen LogP contribution in [0.3, 0.4) is 0 Å². The van der Waals surface area contributed by atoms with Crippen LogP contribution in [0, 0.1) is 0 Å². The first-order valence-electron chi connectivity index (χ1n) is 4.44. The minimum atomic E-state index is -4.91. The second kappa shape index (κ2) is 6.89. The Kier molecular flexibility index (Phi) is 6.26. The maximum Gasteiger partial charge on any atom is 0.454 e. The van der Waals surface area contributed by atoms with Crippen molar-refractivity contribution in [1.29, 1.82) is 0 Å². The summed E-state index contributed by atoms with van der Waals surface area (Å²) in [5, 5.41) is 2.31. The summed E-state index contributed by atoms with van der Waals surface area (Å²) in [4.78, 5) is 21.3. The molecule has 0 rings (SSSR count). The van der Waals surface area contributed by atoms with Crippen molar-refractivity contribution in [1.82, 2.24) is 5.32 Å². The number of methoxy groups -OCH3 is 2. The lowest BCUT2D eigenvalue weighted by molar-refractivity contribution is -0.165. The Labute approximate surface area is 95.6 Å². The summed E-state index contributed by atoms with van der Waals surface area (Å²) in [6, 6.07) is 0. The third kappa shape index (κ3) is 6.56. The van der Waals surface area contributed by atoms with Crippen LogP contribution < -0.4 is 5.32 Å². The second-order valence-corrected chi connectivity index (χ2v) is 2.87. The second-order valence-electron chi connectivity index (χ2n) is 2.87. The number of carbonyl (C=O) groups excluding carboxylic acids is 2.